The van der Waals surface area contributed by atoms with Crippen LogP contribution in [0, 0.1) is 18.3 Å². The lowest BCUT2D eigenvalue weighted by molar-refractivity contribution is 0.0601. The first kappa shape index (κ1) is 12.8. The molecule has 2 aromatic carbocycles. The van der Waals surface area contributed by atoms with Gasteiger partial charge in [0, 0.05) is 0 Å². The molecule has 0 N–H and O–H groups in total. The van der Waals surface area contributed by atoms with Crippen molar-refractivity contribution in [1.29, 1.82) is 5.26 Å². The highest BCUT2D eigenvalue weighted by Gasteiger charge is 2.15. The fraction of sp³-hybridized carbons (Fsp3) is 0.125. The van der Waals surface area contributed by atoms with Gasteiger partial charge in [0.15, 0.2) is 0 Å². The van der Waals surface area contributed by atoms with E-state index in [9.17, 15) is 4.79 Å². The summed E-state index contributed by atoms with van der Waals surface area (Å²) in [6.45, 7) is 1.93. The Kier molecular flexibility index (Phi) is 3.63. The van der Waals surface area contributed by atoms with Gasteiger partial charge in [-0.05, 0) is 41.8 Å². The van der Waals surface area contributed by atoms with Crippen LogP contribution >= 0.6 is 0 Å². The van der Waals surface area contributed by atoms with Crippen LogP contribution in [-0.4, -0.2) is 13.1 Å². The van der Waals surface area contributed by atoms with Crippen LogP contribution in [0.3, 0.4) is 0 Å². The first-order chi connectivity index (χ1) is 9.17. The van der Waals surface area contributed by atoms with Gasteiger partial charge >= 0.3 is 5.97 Å². The topological polar surface area (TPSA) is 50.1 Å². The van der Waals surface area contributed by atoms with E-state index in [1.54, 1.807) is 24.3 Å². The minimum atomic E-state index is -0.374. The molecular formula is C16H13NO2. The number of ether oxygens (including phenoxy) is 1. The van der Waals surface area contributed by atoms with Crippen LogP contribution < -0.4 is 0 Å². The number of hydrogen-bond acceptors (Lipinski definition) is 3. The molecule has 2 aromatic rings. The molecular weight excluding hydrogens is 238 g/mol. The van der Waals surface area contributed by atoms with Gasteiger partial charge in [0.1, 0.15) is 0 Å². The smallest absolute Gasteiger partial charge is 0.338 e. The van der Waals surface area contributed by atoms with Crippen molar-refractivity contribution in [3.8, 4) is 17.2 Å². The molecule has 0 radical (unpaired) electrons. The first-order valence-corrected chi connectivity index (χ1v) is 5.86. The second-order valence-corrected chi connectivity index (χ2v) is 4.18. The number of carbonyl (C=O) groups is 1. The Labute approximate surface area is 112 Å². The standard InChI is InChI=1S/C16H13NO2/c1-11-5-3-8-14(16(18)19-2)15(11)13-7-4-6-12(9-13)10-17/h3-9H,1-2H3. The number of esters is 1. The zero-order valence-corrected chi connectivity index (χ0v) is 10.8. The van der Waals surface area contributed by atoms with E-state index in [4.69, 9.17) is 10.00 Å². The van der Waals surface area contributed by atoms with Crippen molar-refractivity contribution in [1.82, 2.24) is 0 Å². The molecule has 0 amide bonds. The maximum atomic E-state index is 11.8. The molecule has 0 atom stereocenters. The molecule has 19 heavy (non-hydrogen) atoms. The van der Waals surface area contributed by atoms with Crippen LogP contribution in [0.4, 0.5) is 0 Å². The van der Waals surface area contributed by atoms with Crippen molar-refractivity contribution >= 4 is 5.97 Å². The van der Waals surface area contributed by atoms with Gasteiger partial charge in [0.05, 0.1) is 24.3 Å². The zero-order valence-electron chi connectivity index (χ0n) is 10.8. The number of nitrogens with zero attached hydrogens (tertiary/aromatic N) is 1. The second kappa shape index (κ2) is 5.36. The monoisotopic (exact) mass is 251 g/mol. The number of hydrogen-bond donors (Lipinski definition) is 0. The van der Waals surface area contributed by atoms with Crippen LogP contribution in [-0.2, 0) is 4.74 Å². The second-order valence-electron chi connectivity index (χ2n) is 4.18. The first-order valence-electron chi connectivity index (χ1n) is 5.86. The summed E-state index contributed by atoms with van der Waals surface area (Å²) in [6, 6.07) is 14.8. The van der Waals surface area contributed by atoms with E-state index in [-0.39, 0.29) is 5.97 Å². The average molecular weight is 251 g/mol. The van der Waals surface area contributed by atoms with Crippen LogP contribution in [0.5, 0.6) is 0 Å². The number of rotatable bonds is 2. The van der Waals surface area contributed by atoms with E-state index in [0.29, 0.717) is 11.1 Å². The lowest BCUT2D eigenvalue weighted by Gasteiger charge is -2.11. The summed E-state index contributed by atoms with van der Waals surface area (Å²) in [5.41, 5.74) is 3.70. The molecule has 0 aliphatic rings. The Morgan fingerprint density at radius 3 is 2.63 bits per heavy atom. The minimum Gasteiger partial charge on any atom is -0.465 e. The number of benzene rings is 2. The average Bonchev–Trinajstić information content (AvgIpc) is 2.46. The molecule has 0 spiro atoms. The summed E-state index contributed by atoms with van der Waals surface area (Å²) in [6.07, 6.45) is 0. The molecule has 94 valence electrons. The summed E-state index contributed by atoms with van der Waals surface area (Å²) < 4.78 is 4.81. The van der Waals surface area contributed by atoms with Crippen molar-refractivity contribution < 1.29 is 9.53 Å². The summed E-state index contributed by atoms with van der Waals surface area (Å²) in [5, 5.41) is 8.96. The SMILES string of the molecule is COC(=O)c1cccc(C)c1-c1cccc(C#N)c1. The van der Waals surface area contributed by atoms with Crippen LogP contribution in [0.25, 0.3) is 11.1 Å². The predicted molar refractivity (Wildman–Crippen MR) is 72.7 cm³/mol. The van der Waals surface area contributed by atoms with Gasteiger partial charge < -0.3 is 4.74 Å². The lowest BCUT2D eigenvalue weighted by atomic mass is 9.94. The fourth-order valence-electron chi connectivity index (χ4n) is 2.08. The molecule has 0 aromatic heterocycles. The quantitative estimate of drug-likeness (QED) is 0.769. The van der Waals surface area contributed by atoms with Crippen molar-refractivity contribution in [2.45, 2.75) is 6.92 Å². The molecule has 0 aliphatic heterocycles. The molecule has 0 fully saturated rings. The number of methoxy groups -OCH3 is 1. The highest BCUT2D eigenvalue weighted by Crippen LogP contribution is 2.28. The number of carbonyl (C=O) groups excluding carboxylic acids is 1. The van der Waals surface area contributed by atoms with E-state index in [2.05, 4.69) is 6.07 Å². The minimum absolute atomic E-state index is 0.374. The van der Waals surface area contributed by atoms with Crippen molar-refractivity contribution in [3.05, 3.63) is 59.2 Å². The maximum absolute atomic E-state index is 11.8. The van der Waals surface area contributed by atoms with Gasteiger partial charge in [0.25, 0.3) is 0 Å². The Balaban J connectivity index is 2.67. The van der Waals surface area contributed by atoms with E-state index >= 15 is 0 Å². The zero-order chi connectivity index (χ0) is 13.8. The summed E-state index contributed by atoms with van der Waals surface area (Å²) >= 11 is 0. The summed E-state index contributed by atoms with van der Waals surface area (Å²) in [4.78, 5) is 11.8. The Bertz CT molecular complexity index is 669. The third-order valence-electron chi connectivity index (χ3n) is 2.96. The normalized spacial score (nSPS) is 9.74. The summed E-state index contributed by atoms with van der Waals surface area (Å²) in [7, 11) is 1.36. The molecule has 3 nitrogen and oxygen atoms in total. The number of nitriles is 1. The third-order valence-corrected chi connectivity index (χ3v) is 2.96. The highest BCUT2D eigenvalue weighted by molar-refractivity contribution is 5.98. The molecule has 0 unspecified atom stereocenters. The van der Waals surface area contributed by atoms with Gasteiger partial charge in [0.2, 0.25) is 0 Å². The van der Waals surface area contributed by atoms with E-state index in [1.165, 1.54) is 7.11 Å². The summed E-state index contributed by atoms with van der Waals surface area (Å²) in [5.74, 6) is -0.374. The fourth-order valence-corrected chi connectivity index (χ4v) is 2.08. The Morgan fingerprint density at radius 2 is 1.95 bits per heavy atom. The molecule has 0 bridgehead atoms. The van der Waals surface area contributed by atoms with Gasteiger partial charge in [-0.3, -0.25) is 0 Å². The van der Waals surface area contributed by atoms with Gasteiger partial charge in [-0.15, -0.1) is 0 Å². The van der Waals surface area contributed by atoms with Gasteiger partial charge in [-0.1, -0.05) is 24.3 Å². The van der Waals surface area contributed by atoms with E-state index < -0.39 is 0 Å². The van der Waals surface area contributed by atoms with Gasteiger partial charge in [-0.2, -0.15) is 5.26 Å². The third kappa shape index (κ3) is 2.48. The molecule has 3 heteroatoms. The van der Waals surface area contributed by atoms with Crippen molar-refractivity contribution in [2.75, 3.05) is 7.11 Å². The highest BCUT2D eigenvalue weighted by atomic mass is 16.5. The Morgan fingerprint density at radius 1 is 1.21 bits per heavy atom. The molecule has 0 saturated carbocycles. The Hall–Kier alpha value is -2.60. The van der Waals surface area contributed by atoms with Crippen LogP contribution in [0.2, 0.25) is 0 Å². The number of aryl methyl sites for hydroxylation is 1. The van der Waals surface area contributed by atoms with Crippen LogP contribution in [0.15, 0.2) is 42.5 Å². The molecule has 2 rings (SSSR count). The molecule has 0 aliphatic carbocycles. The van der Waals surface area contributed by atoms with Crippen molar-refractivity contribution in [2.24, 2.45) is 0 Å². The van der Waals surface area contributed by atoms with Gasteiger partial charge in [-0.25, -0.2) is 4.79 Å². The van der Waals surface area contributed by atoms with E-state index in [0.717, 1.165) is 16.7 Å². The predicted octanol–water partition coefficient (Wildman–Crippen LogP) is 3.32. The van der Waals surface area contributed by atoms with E-state index in [1.807, 2.05) is 25.1 Å². The maximum Gasteiger partial charge on any atom is 0.338 e. The lowest BCUT2D eigenvalue weighted by Crippen LogP contribution is -2.04. The largest absolute Gasteiger partial charge is 0.465 e. The van der Waals surface area contributed by atoms with Crippen molar-refractivity contribution in [3.63, 3.8) is 0 Å². The van der Waals surface area contributed by atoms with Crippen LogP contribution in [0.1, 0.15) is 21.5 Å². The molecule has 0 saturated heterocycles. The molecule has 0 heterocycles.